The Morgan fingerprint density at radius 1 is 1.29 bits per heavy atom. The lowest BCUT2D eigenvalue weighted by molar-refractivity contribution is -0.127. The van der Waals surface area contributed by atoms with E-state index in [0.717, 1.165) is 49.3 Å². The minimum atomic E-state index is -0.000808. The minimum Gasteiger partial charge on any atom is -0.369 e. The number of benzene rings is 1. The van der Waals surface area contributed by atoms with E-state index in [0.29, 0.717) is 6.04 Å². The van der Waals surface area contributed by atoms with Gasteiger partial charge in [0.05, 0.1) is 0 Å². The Bertz CT molecular complexity index is 746. The van der Waals surface area contributed by atoms with E-state index in [1.54, 1.807) is 19.0 Å². The molecule has 1 aromatic rings. The van der Waals surface area contributed by atoms with E-state index < -0.39 is 0 Å². The standard InChI is InChI=1S/C22H35ClN6O.HI/c1-4-28-11-6-9-20(28)14-24-22(25-15-21(30)27(2)3)26-18-10-12-29(16-18)19-8-5-7-17(23)13-19;/h5,7-8,13,18,20H,4,6,9-12,14-16H2,1-3H3,(H2,24,25,26);1H. The average Bonchev–Trinajstić information content (AvgIpc) is 3.38. The lowest BCUT2D eigenvalue weighted by atomic mass is 10.2. The number of likely N-dealkylation sites (tertiary alicyclic amines) is 1. The van der Waals surface area contributed by atoms with Crippen molar-refractivity contribution in [3.8, 4) is 0 Å². The number of anilines is 1. The third kappa shape index (κ3) is 7.68. The molecular formula is C22H36ClIN6O. The number of aliphatic imine (C=N–C) groups is 1. The SMILES string of the molecule is CCN1CCCC1CNC(=NCC(=O)N(C)C)NC1CCN(c2cccc(Cl)c2)C1.I. The first-order valence-electron chi connectivity index (χ1n) is 11.0. The molecule has 0 saturated carbocycles. The molecule has 2 N–H and O–H groups in total. The maximum atomic E-state index is 12.0. The zero-order valence-corrected chi connectivity index (χ0v) is 21.9. The third-order valence-electron chi connectivity index (χ3n) is 5.98. The van der Waals surface area contributed by atoms with Gasteiger partial charge in [0.1, 0.15) is 6.54 Å². The highest BCUT2D eigenvalue weighted by Gasteiger charge is 2.26. The van der Waals surface area contributed by atoms with Crippen molar-refractivity contribution in [1.29, 1.82) is 0 Å². The van der Waals surface area contributed by atoms with Gasteiger partial charge < -0.3 is 20.4 Å². The highest BCUT2D eigenvalue weighted by molar-refractivity contribution is 14.0. The first-order chi connectivity index (χ1) is 14.5. The second-order valence-corrected chi connectivity index (χ2v) is 8.75. The quantitative estimate of drug-likeness (QED) is 0.304. The van der Waals surface area contributed by atoms with Crippen LogP contribution in [0.3, 0.4) is 0 Å². The van der Waals surface area contributed by atoms with Crippen LogP contribution in [0.4, 0.5) is 5.69 Å². The number of hydrogen-bond acceptors (Lipinski definition) is 4. The molecule has 2 saturated heterocycles. The summed E-state index contributed by atoms with van der Waals surface area (Å²) in [5.41, 5.74) is 1.14. The van der Waals surface area contributed by atoms with E-state index >= 15 is 0 Å². The number of guanidine groups is 1. The van der Waals surface area contributed by atoms with Crippen LogP contribution in [-0.4, -0.2) is 87.1 Å². The second kappa shape index (κ2) is 12.7. The van der Waals surface area contributed by atoms with Gasteiger partial charge in [-0.25, -0.2) is 4.99 Å². The van der Waals surface area contributed by atoms with Crippen molar-refractivity contribution in [2.24, 2.45) is 4.99 Å². The van der Waals surface area contributed by atoms with E-state index in [-0.39, 0.29) is 42.5 Å². The molecule has 1 amide bonds. The van der Waals surface area contributed by atoms with Crippen molar-refractivity contribution in [2.75, 3.05) is 58.3 Å². The van der Waals surface area contributed by atoms with Gasteiger partial charge in [-0.1, -0.05) is 24.6 Å². The van der Waals surface area contributed by atoms with Crippen LogP contribution in [0, 0.1) is 0 Å². The Labute approximate surface area is 208 Å². The fourth-order valence-electron chi connectivity index (χ4n) is 4.18. The topological polar surface area (TPSA) is 63.2 Å². The number of halogens is 2. The van der Waals surface area contributed by atoms with Crippen LogP contribution < -0.4 is 15.5 Å². The summed E-state index contributed by atoms with van der Waals surface area (Å²) in [6.07, 6.45) is 3.46. The van der Waals surface area contributed by atoms with Crippen molar-refractivity contribution < 1.29 is 4.79 Å². The van der Waals surface area contributed by atoms with Crippen molar-refractivity contribution in [1.82, 2.24) is 20.4 Å². The number of carbonyl (C=O) groups is 1. The third-order valence-corrected chi connectivity index (χ3v) is 6.22. The number of hydrogen-bond donors (Lipinski definition) is 2. The molecule has 7 nitrogen and oxygen atoms in total. The summed E-state index contributed by atoms with van der Waals surface area (Å²) in [7, 11) is 3.52. The smallest absolute Gasteiger partial charge is 0.243 e. The molecule has 0 radical (unpaired) electrons. The van der Waals surface area contributed by atoms with E-state index in [4.69, 9.17) is 11.6 Å². The molecule has 2 aliphatic rings. The van der Waals surface area contributed by atoms with Gasteiger partial charge in [-0.15, -0.1) is 24.0 Å². The summed E-state index contributed by atoms with van der Waals surface area (Å²) in [6.45, 7) is 7.29. The van der Waals surface area contributed by atoms with Crippen molar-refractivity contribution in [3.63, 3.8) is 0 Å². The van der Waals surface area contributed by atoms with Crippen LogP contribution in [0.25, 0.3) is 0 Å². The van der Waals surface area contributed by atoms with Gasteiger partial charge in [0.25, 0.3) is 0 Å². The zero-order chi connectivity index (χ0) is 21.5. The van der Waals surface area contributed by atoms with Crippen molar-refractivity contribution in [2.45, 2.75) is 38.3 Å². The summed E-state index contributed by atoms with van der Waals surface area (Å²) in [6, 6.07) is 8.79. The average molecular weight is 563 g/mol. The second-order valence-electron chi connectivity index (χ2n) is 8.31. The number of nitrogens with one attached hydrogen (secondary N) is 2. The monoisotopic (exact) mass is 562 g/mol. The molecule has 0 spiro atoms. The number of carbonyl (C=O) groups excluding carboxylic acids is 1. The number of nitrogens with zero attached hydrogens (tertiary/aromatic N) is 4. The molecule has 0 aromatic heterocycles. The lowest BCUT2D eigenvalue weighted by Gasteiger charge is -2.25. The maximum Gasteiger partial charge on any atom is 0.243 e. The van der Waals surface area contributed by atoms with Crippen molar-refractivity contribution in [3.05, 3.63) is 29.3 Å². The minimum absolute atomic E-state index is 0. The first-order valence-corrected chi connectivity index (χ1v) is 11.3. The Balaban J connectivity index is 0.00000341. The van der Waals surface area contributed by atoms with Crippen LogP contribution in [-0.2, 0) is 4.79 Å². The Morgan fingerprint density at radius 2 is 2.10 bits per heavy atom. The summed E-state index contributed by atoms with van der Waals surface area (Å²) >= 11 is 6.16. The normalized spacial score (nSPS) is 21.7. The lowest BCUT2D eigenvalue weighted by Crippen LogP contribution is -2.49. The summed E-state index contributed by atoms with van der Waals surface area (Å²) in [4.78, 5) is 23.0. The van der Waals surface area contributed by atoms with Crippen LogP contribution >= 0.6 is 35.6 Å². The van der Waals surface area contributed by atoms with Gasteiger partial charge in [0, 0.05) is 56.5 Å². The van der Waals surface area contributed by atoms with Gasteiger partial charge in [-0.2, -0.15) is 0 Å². The first kappa shape index (κ1) is 26.0. The highest BCUT2D eigenvalue weighted by atomic mass is 127. The fourth-order valence-corrected chi connectivity index (χ4v) is 4.36. The molecule has 174 valence electrons. The van der Waals surface area contributed by atoms with Crippen LogP contribution in [0.2, 0.25) is 5.02 Å². The Morgan fingerprint density at radius 3 is 2.81 bits per heavy atom. The van der Waals surface area contributed by atoms with Gasteiger partial charge in [0.15, 0.2) is 5.96 Å². The largest absolute Gasteiger partial charge is 0.369 e. The van der Waals surface area contributed by atoms with Crippen LogP contribution in [0.15, 0.2) is 29.3 Å². The summed E-state index contributed by atoms with van der Waals surface area (Å²) in [5.74, 6) is 0.727. The Kier molecular flexibility index (Phi) is 10.6. The molecule has 0 bridgehead atoms. The number of likely N-dealkylation sites (N-methyl/N-ethyl adjacent to an activating group) is 2. The summed E-state index contributed by atoms with van der Waals surface area (Å²) < 4.78 is 0. The molecule has 2 aliphatic heterocycles. The van der Waals surface area contributed by atoms with E-state index in [9.17, 15) is 4.79 Å². The van der Waals surface area contributed by atoms with Gasteiger partial charge in [-0.05, 0) is 50.6 Å². The summed E-state index contributed by atoms with van der Waals surface area (Å²) in [5, 5.41) is 7.81. The predicted molar refractivity (Wildman–Crippen MR) is 140 cm³/mol. The zero-order valence-electron chi connectivity index (χ0n) is 18.8. The number of amides is 1. The molecule has 2 heterocycles. The molecule has 2 atom stereocenters. The van der Waals surface area contributed by atoms with Gasteiger partial charge >= 0.3 is 0 Å². The molecule has 9 heteroatoms. The van der Waals surface area contributed by atoms with Gasteiger partial charge in [0.2, 0.25) is 5.91 Å². The molecule has 0 aliphatic carbocycles. The molecule has 2 unspecified atom stereocenters. The predicted octanol–water partition coefficient (Wildman–Crippen LogP) is 2.64. The van der Waals surface area contributed by atoms with Crippen LogP contribution in [0.5, 0.6) is 0 Å². The maximum absolute atomic E-state index is 12.0. The van der Waals surface area contributed by atoms with E-state index in [2.05, 4.69) is 38.4 Å². The van der Waals surface area contributed by atoms with Gasteiger partial charge in [-0.3, -0.25) is 9.69 Å². The molecular weight excluding hydrogens is 527 g/mol. The Hall–Kier alpha value is -1.26. The fraction of sp³-hybridized carbons (Fsp3) is 0.636. The van der Waals surface area contributed by atoms with Crippen molar-refractivity contribution >= 4 is 53.1 Å². The number of rotatable bonds is 7. The molecule has 1 aromatic carbocycles. The highest BCUT2D eigenvalue weighted by Crippen LogP contribution is 2.23. The molecule has 31 heavy (non-hydrogen) atoms. The molecule has 2 fully saturated rings. The van der Waals surface area contributed by atoms with E-state index in [1.807, 2.05) is 18.2 Å². The van der Waals surface area contributed by atoms with Crippen LogP contribution in [0.1, 0.15) is 26.2 Å². The molecule has 3 rings (SSSR count). The van der Waals surface area contributed by atoms with E-state index in [1.165, 1.54) is 19.4 Å².